The third kappa shape index (κ3) is 2.19. The summed E-state index contributed by atoms with van der Waals surface area (Å²) >= 11 is 1.38. The fourth-order valence-electron chi connectivity index (χ4n) is 1.73. The summed E-state index contributed by atoms with van der Waals surface area (Å²) in [6.07, 6.45) is 1.54. The highest BCUT2D eigenvalue weighted by Crippen LogP contribution is 2.27. The molecule has 2 rings (SSSR count). The molecule has 5 nitrogen and oxygen atoms in total. The fourth-order valence-corrected chi connectivity index (χ4v) is 2.47. The number of aromatic nitrogens is 3. The summed E-state index contributed by atoms with van der Waals surface area (Å²) in [5.41, 5.74) is 0.942. The number of aryl methyl sites for hydroxylation is 1. The average Bonchev–Trinajstić information content (AvgIpc) is 2.71. The smallest absolute Gasteiger partial charge is 0.149 e. The van der Waals surface area contributed by atoms with E-state index in [9.17, 15) is 0 Å². The van der Waals surface area contributed by atoms with Crippen molar-refractivity contribution in [2.24, 2.45) is 5.92 Å². The van der Waals surface area contributed by atoms with Crippen molar-refractivity contribution < 1.29 is 0 Å². The van der Waals surface area contributed by atoms with E-state index in [0.29, 0.717) is 6.54 Å². The summed E-state index contributed by atoms with van der Waals surface area (Å²) in [6.45, 7) is 4.50. The van der Waals surface area contributed by atoms with Crippen LogP contribution in [0, 0.1) is 24.2 Å². The monoisotopic (exact) mass is 247 g/mol. The van der Waals surface area contributed by atoms with Crippen LogP contribution in [0.3, 0.4) is 0 Å². The zero-order valence-electron chi connectivity index (χ0n) is 10.0. The molecule has 88 valence electrons. The number of hydrogen-bond donors (Lipinski definition) is 0. The Morgan fingerprint density at radius 1 is 1.53 bits per heavy atom. The van der Waals surface area contributed by atoms with Gasteiger partial charge in [-0.3, -0.25) is 0 Å². The van der Waals surface area contributed by atoms with Crippen molar-refractivity contribution >= 4 is 27.6 Å². The Bertz CT molecular complexity index is 571. The van der Waals surface area contributed by atoms with Crippen LogP contribution >= 0.6 is 11.5 Å². The molecule has 0 aromatic carbocycles. The molecule has 6 heteroatoms. The van der Waals surface area contributed by atoms with Gasteiger partial charge >= 0.3 is 0 Å². The molecule has 0 saturated heterocycles. The number of rotatable bonds is 3. The SMILES string of the molecule is Cc1nsc2ncnc(N(C)CC(C)C#N)c12. The van der Waals surface area contributed by atoms with Gasteiger partial charge in [0.25, 0.3) is 0 Å². The molecule has 0 radical (unpaired) electrons. The van der Waals surface area contributed by atoms with Crippen LogP contribution in [0.1, 0.15) is 12.6 Å². The van der Waals surface area contributed by atoms with Gasteiger partial charge in [0.15, 0.2) is 0 Å². The molecule has 0 fully saturated rings. The Balaban J connectivity index is 2.41. The van der Waals surface area contributed by atoms with Gasteiger partial charge in [-0.05, 0) is 25.4 Å². The number of hydrogen-bond acceptors (Lipinski definition) is 6. The lowest BCUT2D eigenvalue weighted by Gasteiger charge is -2.19. The van der Waals surface area contributed by atoms with Crippen LogP contribution in [0.25, 0.3) is 10.2 Å². The van der Waals surface area contributed by atoms with Crippen LogP contribution in [-0.4, -0.2) is 27.9 Å². The van der Waals surface area contributed by atoms with Crippen LogP contribution in [0.2, 0.25) is 0 Å². The minimum absolute atomic E-state index is 0.0306. The highest BCUT2D eigenvalue weighted by Gasteiger charge is 2.15. The van der Waals surface area contributed by atoms with Crippen LogP contribution in [0.15, 0.2) is 6.33 Å². The maximum Gasteiger partial charge on any atom is 0.149 e. The first-order chi connectivity index (χ1) is 8.13. The molecule has 0 spiro atoms. The van der Waals surface area contributed by atoms with Crippen molar-refractivity contribution in [2.75, 3.05) is 18.5 Å². The summed E-state index contributed by atoms with van der Waals surface area (Å²) in [5.74, 6) is 0.820. The van der Waals surface area contributed by atoms with Gasteiger partial charge in [0.1, 0.15) is 17.0 Å². The first kappa shape index (κ1) is 11.7. The molecule has 2 aromatic heterocycles. The summed E-state index contributed by atoms with van der Waals surface area (Å²) < 4.78 is 4.29. The van der Waals surface area contributed by atoms with E-state index >= 15 is 0 Å². The second-order valence-electron chi connectivity index (χ2n) is 4.06. The second-order valence-corrected chi connectivity index (χ2v) is 4.81. The summed E-state index contributed by atoms with van der Waals surface area (Å²) in [5, 5.41) is 9.83. The molecule has 17 heavy (non-hydrogen) atoms. The van der Waals surface area contributed by atoms with E-state index in [1.165, 1.54) is 11.5 Å². The van der Waals surface area contributed by atoms with Crippen molar-refractivity contribution in [3.8, 4) is 6.07 Å². The Morgan fingerprint density at radius 2 is 2.29 bits per heavy atom. The highest BCUT2D eigenvalue weighted by atomic mass is 32.1. The van der Waals surface area contributed by atoms with Crippen molar-refractivity contribution in [3.63, 3.8) is 0 Å². The Labute approximate surface area is 104 Å². The van der Waals surface area contributed by atoms with Crippen LogP contribution < -0.4 is 4.90 Å². The zero-order valence-corrected chi connectivity index (χ0v) is 10.8. The third-order valence-corrected chi connectivity index (χ3v) is 3.40. The third-order valence-electron chi connectivity index (χ3n) is 2.55. The zero-order chi connectivity index (χ0) is 12.4. The maximum absolute atomic E-state index is 8.84. The van der Waals surface area contributed by atoms with Crippen LogP contribution in [0.5, 0.6) is 0 Å². The van der Waals surface area contributed by atoms with E-state index in [-0.39, 0.29) is 5.92 Å². The predicted octanol–water partition coefficient (Wildman–Crippen LogP) is 1.99. The lowest BCUT2D eigenvalue weighted by Crippen LogP contribution is -2.24. The topological polar surface area (TPSA) is 65.7 Å². The molecule has 2 heterocycles. The van der Waals surface area contributed by atoms with E-state index in [1.54, 1.807) is 6.33 Å². The van der Waals surface area contributed by atoms with E-state index in [4.69, 9.17) is 5.26 Å². The van der Waals surface area contributed by atoms with Gasteiger partial charge in [-0.2, -0.15) is 9.64 Å². The number of nitrogens with zero attached hydrogens (tertiary/aromatic N) is 5. The maximum atomic E-state index is 8.84. The molecule has 1 atom stereocenters. The van der Waals surface area contributed by atoms with E-state index < -0.39 is 0 Å². The molecule has 0 bridgehead atoms. The van der Waals surface area contributed by atoms with E-state index in [1.807, 2.05) is 25.8 Å². The molecule has 2 aromatic rings. The van der Waals surface area contributed by atoms with Gasteiger partial charge in [-0.15, -0.1) is 0 Å². The molecule has 1 unspecified atom stereocenters. The Kier molecular flexibility index (Phi) is 3.20. The largest absolute Gasteiger partial charge is 0.358 e. The average molecular weight is 247 g/mol. The first-order valence-electron chi connectivity index (χ1n) is 5.31. The standard InChI is InChI=1S/C11H13N5S/c1-7(4-12)5-16(3)10-9-8(2)15-17-11(9)14-6-13-10/h6-7H,5H2,1-3H3. The highest BCUT2D eigenvalue weighted by molar-refractivity contribution is 7.13. The Morgan fingerprint density at radius 3 is 3.00 bits per heavy atom. The number of anilines is 1. The van der Waals surface area contributed by atoms with Crippen molar-refractivity contribution in [1.29, 1.82) is 5.26 Å². The van der Waals surface area contributed by atoms with E-state index in [0.717, 1.165) is 21.7 Å². The van der Waals surface area contributed by atoms with Gasteiger partial charge in [0.05, 0.1) is 23.1 Å². The molecule has 0 aliphatic carbocycles. The van der Waals surface area contributed by atoms with Gasteiger partial charge in [-0.1, -0.05) is 0 Å². The molecule has 0 aliphatic heterocycles. The fraction of sp³-hybridized carbons (Fsp3) is 0.455. The normalized spacial score (nSPS) is 12.4. The lowest BCUT2D eigenvalue weighted by atomic mass is 10.2. The summed E-state index contributed by atoms with van der Waals surface area (Å²) in [7, 11) is 1.94. The van der Waals surface area contributed by atoms with Crippen LogP contribution in [0.4, 0.5) is 5.82 Å². The molecular formula is C11H13N5S. The van der Waals surface area contributed by atoms with Gasteiger partial charge in [0, 0.05) is 13.6 Å². The molecule has 0 amide bonds. The first-order valence-corrected chi connectivity index (χ1v) is 6.08. The van der Waals surface area contributed by atoms with Crippen molar-refractivity contribution in [1.82, 2.24) is 14.3 Å². The Hall–Kier alpha value is -1.74. The predicted molar refractivity (Wildman–Crippen MR) is 68.0 cm³/mol. The van der Waals surface area contributed by atoms with Gasteiger partial charge in [0.2, 0.25) is 0 Å². The number of nitriles is 1. The minimum Gasteiger partial charge on any atom is -0.358 e. The van der Waals surface area contributed by atoms with Crippen molar-refractivity contribution in [3.05, 3.63) is 12.0 Å². The lowest BCUT2D eigenvalue weighted by molar-refractivity contribution is 0.711. The molecule has 0 aliphatic rings. The molecular weight excluding hydrogens is 234 g/mol. The second kappa shape index (κ2) is 4.63. The summed E-state index contributed by atoms with van der Waals surface area (Å²) in [6, 6.07) is 2.22. The molecule has 0 N–H and O–H groups in total. The quantitative estimate of drug-likeness (QED) is 0.829. The number of fused-ring (bicyclic) bond motifs is 1. The van der Waals surface area contributed by atoms with Crippen LogP contribution in [-0.2, 0) is 0 Å². The summed E-state index contributed by atoms with van der Waals surface area (Å²) in [4.78, 5) is 11.4. The van der Waals surface area contributed by atoms with E-state index in [2.05, 4.69) is 20.4 Å². The van der Waals surface area contributed by atoms with Gasteiger partial charge in [-0.25, -0.2) is 9.97 Å². The minimum atomic E-state index is -0.0306. The van der Waals surface area contributed by atoms with Crippen molar-refractivity contribution in [2.45, 2.75) is 13.8 Å². The molecule has 0 saturated carbocycles. The van der Waals surface area contributed by atoms with Gasteiger partial charge < -0.3 is 4.90 Å².